The number of halogens is 5. The van der Waals surface area contributed by atoms with Crippen LogP contribution in [-0.2, 0) is 38.6 Å². The zero-order valence-electron chi connectivity index (χ0n) is 65.4. The van der Waals surface area contributed by atoms with Crippen LogP contribution >= 0.6 is 62.0 Å². The van der Waals surface area contributed by atoms with Crippen LogP contribution in [0.15, 0.2) is 167 Å². The van der Waals surface area contributed by atoms with Gasteiger partial charge < -0.3 is 62.0 Å². The predicted octanol–water partition coefficient (Wildman–Crippen LogP) is 10.8. The van der Waals surface area contributed by atoms with Crippen molar-refractivity contribution in [2.75, 3.05) is 59.2 Å². The van der Waals surface area contributed by atoms with Crippen molar-refractivity contribution >= 4 is 170 Å². The number of aliphatic hydroxyl groups is 2. The number of aromatic nitrogens is 4. The number of rotatable bonds is 32. The number of aromatic amines is 2. The number of nitrogens with zero attached hydrogens (tertiary/aromatic N) is 7. The molecule has 0 fully saturated rings. The molecule has 29 nitrogen and oxygen atoms in total. The molecule has 630 valence electrons. The van der Waals surface area contributed by atoms with Gasteiger partial charge in [-0.2, -0.15) is 5.10 Å². The Hall–Kier alpha value is -11.3. The van der Waals surface area contributed by atoms with Crippen molar-refractivity contribution in [1.29, 1.82) is 5.41 Å². The van der Waals surface area contributed by atoms with Crippen LogP contribution in [0.25, 0.3) is 49.7 Å². The van der Waals surface area contributed by atoms with Crippen LogP contribution in [0, 0.1) is 5.41 Å². The number of H-pyrrole nitrogens is 2. The van der Waals surface area contributed by atoms with E-state index >= 15 is 0 Å². The minimum atomic E-state index is -1.34. The van der Waals surface area contributed by atoms with Gasteiger partial charge in [-0.1, -0.05) is 78.9 Å². The molecule has 118 heavy (non-hydrogen) atoms. The van der Waals surface area contributed by atoms with E-state index in [0.29, 0.717) is 82.5 Å². The third-order valence-electron chi connectivity index (χ3n) is 19.0. The zero-order valence-corrected chi connectivity index (χ0v) is 69.5. The van der Waals surface area contributed by atoms with Gasteiger partial charge in [0.05, 0.1) is 72.4 Å². The molecule has 13 rings (SSSR count). The minimum Gasteiger partial charge on any atom is -0.507 e. The number of para-hydroxylation sites is 2. The number of hydrogen-bond donors (Lipinski definition) is 11. The lowest BCUT2D eigenvalue weighted by atomic mass is 9.99. The number of imide groups is 2. The van der Waals surface area contributed by atoms with Gasteiger partial charge in [-0.05, 0) is 162 Å². The average molecular weight is 1720 g/mol. The second-order valence-electron chi connectivity index (χ2n) is 27.6. The number of aliphatic hydroxyl groups excluding tert-OH is 1. The topological polar surface area (TPSA) is 437 Å². The lowest BCUT2D eigenvalue weighted by molar-refractivity contribution is -0.131. The third-order valence-corrected chi connectivity index (χ3v) is 19.0. The summed E-state index contributed by atoms with van der Waals surface area (Å²) in [6, 6.07) is 43.2. The zero-order chi connectivity index (χ0) is 80.7. The summed E-state index contributed by atoms with van der Waals surface area (Å²) >= 11 is 0. The van der Waals surface area contributed by atoms with E-state index in [9.17, 15) is 58.5 Å². The first-order chi connectivity index (χ1) is 54.5. The SMILES string of the molecule is CC(C)(O)C(=O)/C=C/c1ccc2c(c1)OCO2.CCN(CCCc1ccccc1)C(=O)CCc1nc2ccccc2[nH]1.Cl.Cl.Cl.Cl.Cl.N=C(CCN1C(=O)c2ccccc2C1=O)CNC(=O)CCCC(=O)NN=C(N)CCN1C(=O)c2ccccc2C1=O.NCCCN=c1ccc2c3c1c(O)c1c(O)ccc(=O)c1c3[nH]n2CCCCCO. The van der Waals surface area contributed by atoms with E-state index in [2.05, 4.69) is 60.2 Å². The van der Waals surface area contributed by atoms with Crippen molar-refractivity contribution in [3.05, 3.63) is 206 Å². The first-order valence-corrected chi connectivity index (χ1v) is 37.6. The number of aryl methyl sites for hydroxylation is 3. The molecule has 10 aromatic rings. The molecule has 13 N–H and O–H groups in total. The highest BCUT2D eigenvalue weighted by atomic mass is 35.5. The molecule has 8 aromatic carbocycles. The summed E-state index contributed by atoms with van der Waals surface area (Å²) < 4.78 is 12.3. The van der Waals surface area contributed by atoms with Gasteiger partial charge in [-0.3, -0.25) is 67.7 Å². The fourth-order valence-corrected chi connectivity index (χ4v) is 12.9. The van der Waals surface area contributed by atoms with Crippen molar-refractivity contribution in [1.82, 2.24) is 45.2 Å². The van der Waals surface area contributed by atoms with Crippen molar-refractivity contribution in [2.24, 2.45) is 21.6 Å². The van der Waals surface area contributed by atoms with E-state index < -0.39 is 35.1 Å². The quantitative estimate of drug-likeness (QED) is 0.00355. The molecule has 0 unspecified atom stereocenters. The fraction of sp³-hybridized carbons (Fsp3) is 0.321. The molecule has 0 bridgehead atoms. The Morgan fingerprint density at radius 2 is 1.28 bits per heavy atom. The van der Waals surface area contributed by atoms with Gasteiger partial charge in [-0.15, -0.1) is 62.0 Å². The average Bonchev–Trinajstić information content (AvgIpc) is 1.51. The van der Waals surface area contributed by atoms with Gasteiger partial charge in [0.2, 0.25) is 24.5 Å². The maximum absolute atomic E-state index is 12.7. The number of ketones is 1. The first kappa shape index (κ1) is 97.3. The molecule has 0 atom stereocenters. The summed E-state index contributed by atoms with van der Waals surface area (Å²) in [4.78, 5) is 127. The summed E-state index contributed by atoms with van der Waals surface area (Å²) in [7, 11) is 0. The Balaban J connectivity index is 0.000000288. The van der Waals surface area contributed by atoms with Gasteiger partial charge in [-0.25, -0.2) is 10.4 Å². The van der Waals surface area contributed by atoms with Gasteiger partial charge in [0.15, 0.2) is 22.7 Å². The van der Waals surface area contributed by atoms with Crippen LogP contribution in [0.2, 0.25) is 0 Å². The predicted molar refractivity (Wildman–Crippen MR) is 465 cm³/mol. The van der Waals surface area contributed by atoms with Crippen molar-refractivity contribution in [3.8, 4) is 23.0 Å². The fourth-order valence-electron chi connectivity index (χ4n) is 12.9. The monoisotopic (exact) mass is 1720 g/mol. The van der Waals surface area contributed by atoms with Crippen LogP contribution in [-0.4, -0.2) is 178 Å². The highest BCUT2D eigenvalue weighted by molar-refractivity contribution is 6.24. The molecular weight excluding hydrogens is 1620 g/mol. The molecule has 3 aliphatic rings. The lowest BCUT2D eigenvalue weighted by Crippen LogP contribution is -2.34. The van der Waals surface area contributed by atoms with Crippen LogP contribution in [0.3, 0.4) is 0 Å². The number of nitrogens with one attached hydrogen (secondary N) is 5. The van der Waals surface area contributed by atoms with Crippen LogP contribution < -0.4 is 42.5 Å². The number of phenols is 2. The third kappa shape index (κ3) is 25.1. The van der Waals surface area contributed by atoms with Gasteiger partial charge in [0.1, 0.15) is 28.8 Å². The number of unbranched alkanes of at least 4 members (excludes halogenated alkanes) is 2. The number of imidazole rings is 1. The Labute approximate surface area is 711 Å². The highest BCUT2D eigenvalue weighted by Crippen LogP contribution is 2.42. The Bertz CT molecular complexity index is 5260. The van der Waals surface area contributed by atoms with Crippen LogP contribution in [0.5, 0.6) is 23.0 Å². The second-order valence-corrected chi connectivity index (χ2v) is 27.6. The lowest BCUT2D eigenvalue weighted by Gasteiger charge is -2.20. The summed E-state index contributed by atoms with van der Waals surface area (Å²) in [6.45, 7) is 8.64. The number of fused-ring (bicyclic) bond motifs is 6. The summed E-state index contributed by atoms with van der Waals surface area (Å²) in [5.41, 5.74) is 19.1. The largest absolute Gasteiger partial charge is 0.507 e. The van der Waals surface area contributed by atoms with E-state index in [1.807, 2.05) is 65.0 Å². The van der Waals surface area contributed by atoms with Crippen molar-refractivity contribution < 1.29 is 68.3 Å². The van der Waals surface area contributed by atoms with E-state index in [-0.39, 0.29) is 184 Å². The number of hydrazone groups is 1. The molecule has 2 aromatic heterocycles. The second kappa shape index (κ2) is 46.6. The van der Waals surface area contributed by atoms with E-state index in [4.69, 9.17) is 31.5 Å². The number of aromatic hydroxyl groups is 2. The number of carbonyl (C=O) groups excluding carboxylic acids is 8. The summed E-state index contributed by atoms with van der Waals surface area (Å²) in [6.07, 6.45) is 9.80. The van der Waals surface area contributed by atoms with E-state index in [1.54, 1.807) is 66.7 Å². The Morgan fingerprint density at radius 1 is 0.661 bits per heavy atom. The molecule has 0 spiro atoms. The molecule has 0 saturated heterocycles. The number of ether oxygens (including phenoxy) is 2. The molecule has 0 radical (unpaired) electrons. The van der Waals surface area contributed by atoms with Crippen molar-refractivity contribution in [3.63, 3.8) is 0 Å². The molecule has 3 aliphatic heterocycles. The normalized spacial score (nSPS) is 12.6. The molecule has 7 amide bonds. The molecular formula is C84H99Cl5N14O15. The smallest absolute Gasteiger partial charge is 0.261 e. The Morgan fingerprint density at radius 3 is 1.91 bits per heavy atom. The maximum Gasteiger partial charge on any atom is 0.261 e. The minimum absolute atomic E-state index is 0. The van der Waals surface area contributed by atoms with E-state index in [0.717, 1.165) is 94.7 Å². The number of hydrogen-bond acceptors (Lipinski definition) is 20. The number of phenolic OH excluding ortho intramolecular Hbond substituents is 2. The standard InChI is InChI=1S/C28H29N7O6.C22H26N4O4.C21H25N3O.C13H14O4.5ClH/c29-17(12-14-34-25(38)18-6-1-2-7-19(18)26(34)39)16-31-23(36)10-5-11-24(37)33-32-22(30)13-15-35-27(40)20-8-3-4-9-21(20)28(35)41;23-9-4-10-24-13-5-6-14-18-17(13)22(30)20-16(29)8-7-15(28)19(20)21(18)25-26(14)11-2-1-3-12-27;1-2-24(16-8-11-17-9-4-3-5-10-17)21(25)15-14-20-22-18-12-6-7-13-19(18)23-20;1-13(2,15)12(14)6-4-9-3-5-10-11(7-9)17-8-16-10;;;;;/h1-4,6-9,29H,5,10-16H2,(H2,30,32)(H,31,36)(H,33,37);5-8,25,27,29-30H,1-4,9-12,23H2;3-7,9-10,12-13H,2,8,11,14-16H2,1H3,(H,22,23);3-7,15H,8H2,1-2H3;5*1H/b;;;6-4+;;;;;. The number of amides is 7. The van der Waals surface area contributed by atoms with Crippen LogP contribution in [0.1, 0.15) is 150 Å². The molecule has 34 heteroatoms. The summed E-state index contributed by atoms with van der Waals surface area (Å²) in [5, 5.41) is 60.0. The highest BCUT2D eigenvalue weighted by Gasteiger charge is 2.36. The van der Waals surface area contributed by atoms with Gasteiger partial charge in [0.25, 0.3) is 23.6 Å². The maximum atomic E-state index is 12.7. The number of carbonyl (C=O) groups is 8. The molecule has 0 aliphatic carbocycles. The van der Waals surface area contributed by atoms with Crippen LogP contribution in [0.4, 0.5) is 0 Å². The number of amidine groups is 1. The van der Waals surface area contributed by atoms with E-state index in [1.165, 1.54) is 37.6 Å². The van der Waals surface area contributed by atoms with Gasteiger partial charge >= 0.3 is 0 Å². The Kier molecular flexibility index (Phi) is 38.4. The molecule has 0 saturated carbocycles. The summed E-state index contributed by atoms with van der Waals surface area (Å²) in [5.74, 6) is -0.547. The number of nitrogens with two attached hydrogens (primary N) is 2. The molecule has 5 heterocycles. The first-order valence-electron chi connectivity index (χ1n) is 37.6. The number of benzene rings is 8. The van der Waals surface area contributed by atoms with Gasteiger partial charge in [0, 0.05) is 95.5 Å². The van der Waals surface area contributed by atoms with Crippen molar-refractivity contribution in [2.45, 2.75) is 116 Å².